The molecule has 1 nitrogen and oxygen atoms in total. The number of aliphatic hydroxyl groups is 1. The second kappa shape index (κ2) is 7.80. The van der Waals surface area contributed by atoms with Crippen LogP contribution >= 0.6 is 0 Å². The lowest BCUT2D eigenvalue weighted by Gasteiger charge is -2.28. The summed E-state index contributed by atoms with van der Waals surface area (Å²) in [7, 11) is 0. The Hall–Kier alpha value is -2.64. The van der Waals surface area contributed by atoms with Crippen LogP contribution in [-0.2, 0) is 23.9 Å². The highest BCUT2D eigenvalue weighted by molar-refractivity contribution is 5.90. The van der Waals surface area contributed by atoms with Crippen molar-refractivity contribution in [3.63, 3.8) is 0 Å². The molecule has 0 saturated heterocycles. The van der Waals surface area contributed by atoms with E-state index in [-0.39, 0.29) is 17.4 Å². The Balaban J connectivity index is 1.80. The zero-order valence-electron chi connectivity index (χ0n) is 19.7. The fraction of sp³-hybridized carbons (Fsp3) is 0.333. The van der Waals surface area contributed by atoms with Crippen molar-refractivity contribution in [3.05, 3.63) is 94.5 Å². The lowest BCUT2D eigenvalue weighted by atomic mass is 9.76. The quantitative estimate of drug-likeness (QED) is 0.367. The van der Waals surface area contributed by atoms with Gasteiger partial charge in [0.1, 0.15) is 0 Å². The highest BCUT2D eigenvalue weighted by Crippen LogP contribution is 2.36. The van der Waals surface area contributed by atoms with Gasteiger partial charge in [-0.25, -0.2) is 0 Å². The number of aryl methyl sites for hydroxylation is 1. The third-order valence-corrected chi connectivity index (χ3v) is 6.72. The van der Waals surface area contributed by atoms with Crippen LogP contribution in [0.25, 0.3) is 21.5 Å². The minimum atomic E-state index is -0.0567. The van der Waals surface area contributed by atoms with Crippen molar-refractivity contribution >= 4 is 21.5 Å². The van der Waals surface area contributed by atoms with E-state index >= 15 is 0 Å². The maximum atomic E-state index is 9.98. The molecule has 0 aliphatic heterocycles. The monoisotopic (exact) mass is 410 g/mol. The van der Waals surface area contributed by atoms with Crippen LogP contribution < -0.4 is 0 Å². The Labute approximate surface area is 186 Å². The minimum absolute atomic E-state index is 0.0567. The van der Waals surface area contributed by atoms with Gasteiger partial charge in [0.15, 0.2) is 0 Å². The predicted molar refractivity (Wildman–Crippen MR) is 134 cm³/mol. The van der Waals surface area contributed by atoms with Crippen LogP contribution in [0.5, 0.6) is 0 Å². The Morgan fingerprint density at radius 1 is 0.677 bits per heavy atom. The number of benzene rings is 4. The van der Waals surface area contributed by atoms with Crippen LogP contribution in [0.15, 0.2) is 66.7 Å². The molecule has 31 heavy (non-hydrogen) atoms. The maximum Gasteiger partial charge on any atom is 0.0687 e. The molecule has 0 fully saturated rings. The Morgan fingerprint density at radius 2 is 1.42 bits per heavy atom. The van der Waals surface area contributed by atoms with E-state index in [2.05, 4.69) is 102 Å². The second-order valence-corrected chi connectivity index (χ2v) is 10.6. The molecule has 0 amide bonds. The van der Waals surface area contributed by atoms with E-state index in [0.717, 1.165) is 17.4 Å². The largest absolute Gasteiger partial charge is 0.392 e. The van der Waals surface area contributed by atoms with Gasteiger partial charge in [0.2, 0.25) is 0 Å². The summed E-state index contributed by atoms with van der Waals surface area (Å²) >= 11 is 0. The number of rotatable bonds is 4. The topological polar surface area (TPSA) is 20.2 Å². The molecule has 4 aromatic carbocycles. The van der Waals surface area contributed by atoms with Gasteiger partial charge in [-0.2, -0.15) is 0 Å². The number of hydrogen-bond donors (Lipinski definition) is 1. The molecule has 1 N–H and O–H groups in total. The maximum absolute atomic E-state index is 9.98. The van der Waals surface area contributed by atoms with Crippen molar-refractivity contribution in [1.82, 2.24) is 0 Å². The third-order valence-electron chi connectivity index (χ3n) is 6.72. The lowest BCUT2D eigenvalue weighted by Crippen LogP contribution is -2.21. The number of hydrogen-bond acceptors (Lipinski definition) is 1. The summed E-state index contributed by atoms with van der Waals surface area (Å²) < 4.78 is 0. The van der Waals surface area contributed by atoms with Gasteiger partial charge in [0.05, 0.1) is 6.61 Å². The van der Waals surface area contributed by atoms with Crippen LogP contribution in [0.2, 0.25) is 0 Å². The lowest BCUT2D eigenvalue weighted by molar-refractivity contribution is 0.283. The predicted octanol–water partition coefficient (Wildman–Crippen LogP) is 7.61. The fourth-order valence-electron chi connectivity index (χ4n) is 4.67. The van der Waals surface area contributed by atoms with Crippen LogP contribution in [-0.4, -0.2) is 5.11 Å². The van der Waals surface area contributed by atoms with Gasteiger partial charge in [-0.15, -0.1) is 0 Å². The average Bonchev–Trinajstić information content (AvgIpc) is 2.74. The van der Waals surface area contributed by atoms with Gasteiger partial charge in [-0.3, -0.25) is 0 Å². The molecule has 0 aliphatic rings. The Bertz CT molecular complexity index is 1250. The van der Waals surface area contributed by atoms with Gasteiger partial charge in [-0.1, -0.05) is 101 Å². The smallest absolute Gasteiger partial charge is 0.0687 e. The molecule has 0 atom stereocenters. The standard InChI is InChI=1S/C30H34O/c1-20-11-12-22(27-14-13-24(17-28(20)27)29(2,3)4)18-30(5,6)25-15-21-9-7-8-10-26(21)23(16-25)19-31/h7-17,31H,18-19H2,1-6H3. The summed E-state index contributed by atoms with van der Waals surface area (Å²) in [5.41, 5.74) is 6.45. The molecule has 4 rings (SSSR count). The van der Waals surface area contributed by atoms with Crippen molar-refractivity contribution < 1.29 is 5.11 Å². The first kappa shape index (κ1) is 21.6. The molecule has 0 unspecified atom stereocenters. The third kappa shape index (κ3) is 4.12. The highest BCUT2D eigenvalue weighted by atomic mass is 16.3. The molecule has 0 aromatic heterocycles. The van der Waals surface area contributed by atoms with Crippen molar-refractivity contribution in [3.8, 4) is 0 Å². The van der Waals surface area contributed by atoms with Gasteiger partial charge in [-0.05, 0) is 73.5 Å². The molecule has 0 radical (unpaired) electrons. The highest BCUT2D eigenvalue weighted by Gasteiger charge is 2.24. The van der Waals surface area contributed by atoms with E-state index < -0.39 is 0 Å². The summed E-state index contributed by atoms with van der Waals surface area (Å²) in [5.74, 6) is 0. The van der Waals surface area contributed by atoms with Gasteiger partial charge < -0.3 is 5.11 Å². The molecule has 1 heteroatoms. The first-order chi connectivity index (χ1) is 14.6. The fourth-order valence-corrected chi connectivity index (χ4v) is 4.67. The van der Waals surface area contributed by atoms with E-state index in [0.29, 0.717) is 0 Å². The zero-order valence-corrected chi connectivity index (χ0v) is 19.7. The van der Waals surface area contributed by atoms with Crippen LogP contribution in [0, 0.1) is 6.92 Å². The summed E-state index contributed by atoms with van der Waals surface area (Å²) in [4.78, 5) is 0. The van der Waals surface area contributed by atoms with Gasteiger partial charge in [0.25, 0.3) is 0 Å². The average molecular weight is 411 g/mol. The van der Waals surface area contributed by atoms with Crippen molar-refractivity contribution in [1.29, 1.82) is 0 Å². The minimum Gasteiger partial charge on any atom is -0.392 e. The van der Waals surface area contributed by atoms with Crippen LogP contribution in [0.4, 0.5) is 0 Å². The van der Waals surface area contributed by atoms with E-state index in [1.165, 1.54) is 38.4 Å². The molecule has 0 spiro atoms. The van der Waals surface area contributed by atoms with E-state index in [1.807, 2.05) is 6.07 Å². The van der Waals surface area contributed by atoms with E-state index in [4.69, 9.17) is 0 Å². The SMILES string of the molecule is Cc1ccc(CC(C)(C)c2cc(CO)c3ccccc3c2)c2ccc(C(C)(C)C)cc12. The molecule has 0 aliphatic carbocycles. The van der Waals surface area contributed by atoms with E-state index in [9.17, 15) is 5.11 Å². The second-order valence-electron chi connectivity index (χ2n) is 10.6. The van der Waals surface area contributed by atoms with Crippen molar-refractivity contribution in [2.75, 3.05) is 0 Å². The van der Waals surface area contributed by atoms with Crippen molar-refractivity contribution in [2.45, 2.75) is 65.4 Å². The normalized spacial score (nSPS) is 12.6. The first-order valence-corrected chi connectivity index (χ1v) is 11.3. The number of aliphatic hydroxyl groups excluding tert-OH is 1. The Kier molecular flexibility index (Phi) is 5.43. The zero-order chi connectivity index (χ0) is 22.4. The summed E-state index contributed by atoms with van der Waals surface area (Å²) in [6, 6.07) is 24.4. The van der Waals surface area contributed by atoms with Crippen LogP contribution in [0.3, 0.4) is 0 Å². The van der Waals surface area contributed by atoms with E-state index in [1.54, 1.807) is 0 Å². The molecule has 160 valence electrons. The molecule has 4 aromatic rings. The molecular formula is C30H34O. The molecule has 0 bridgehead atoms. The summed E-state index contributed by atoms with van der Waals surface area (Å²) in [6.45, 7) is 13.7. The summed E-state index contributed by atoms with van der Waals surface area (Å²) in [5, 5.41) is 15.0. The first-order valence-electron chi connectivity index (χ1n) is 11.3. The van der Waals surface area contributed by atoms with Gasteiger partial charge in [0, 0.05) is 0 Å². The van der Waals surface area contributed by atoms with Crippen LogP contribution in [0.1, 0.15) is 62.4 Å². The van der Waals surface area contributed by atoms with Crippen molar-refractivity contribution in [2.24, 2.45) is 0 Å². The molecular weight excluding hydrogens is 376 g/mol. The number of fused-ring (bicyclic) bond motifs is 2. The Morgan fingerprint density at radius 3 is 2.13 bits per heavy atom. The summed E-state index contributed by atoms with van der Waals surface area (Å²) in [6.07, 6.45) is 0.946. The molecule has 0 heterocycles. The van der Waals surface area contributed by atoms with Gasteiger partial charge >= 0.3 is 0 Å². The molecule has 0 saturated carbocycles.